The van der Waals surface area contributed by atoms with Gasteiger partial charge in [0, 0.05) is 31.2 Å². The highest BCUT2D eigenvalue weighted by Gasteiger charge is 2.04. The van der Waals surface area contributed by atoms with Crippen LogP contribution in [0.1, 0.15) is 63.8 Å². The molecule has 18 heavy (non-hydrogen) atoms. The Morgan fingerprint density at radius 1 is 1.39 bits per heavy atom. The van der Waals surface area contributed by atoms with Gasteiger partial charge in [-0.15, -0.1) is 0 Å². The van der Waals surface area contributed by atoms with Gasteiger partial charge in [0.2, 0.25) is 0 Å². The Balaban J connectivity index is 2.48. The van der Waals surface area contributed by atoms with E-state index in [1.165, 1.54) is 0 Å². The summed E-state index contributed by atoms with van der Waals surface area (Å²) in [6.45, 7) is 5.84. The molecule has 0 saturated carbocycles. The average Bonchev–Trinajstić information content (AvgIpc) is 2.38. The van der Waals surface area contributed by atoms with Crippen molar-refractivity contribution in [2.24, 2.45) is 0 Å². The maximum atomic E-state index is 10.7. The van der Waals surface area contributed by atoms with Crippen molar-refractivity contribution in [3.05, 3.63) is 23.8 Å². The van der Waals surface area contributed by atoms with E-state index in [4.69, 9.17) is 0 Å². The molecule has 1 rings (SSSR count). The SMILES string of the molecule is CCC(C)c1ncc(C#CCCCC(C)=O)cn1. The maximum Gasteiger partial charge on any atom is 0.131 e. The number of hydrogen-bond donors (Lipinski definition) is 0. The number of hydrogen-bond acceptors (Lipinski definition) is 3. The lowest BCUT2D eigenvalue weighted by molar-refractivity contribution is -0.117. The lowest BCUT2D eigenvalue weighted by atomic mass is 10.1. The highest BCUT2D eigenvalue weighted by molar-refractivity contribution is 5.75. The molecular weight excluding hydrogens is 224 g/mol. The minimum absolute atomic E-state index is 0.220. The first-order valence-corrected chi connectivity index (χ1v) is 6.43. The van der Waals surface area contributed by atoms with E-state index < -0.39 is 0 Å². The molecule has 96 valence electrons. The number of aromatic nitrogens is 2. The molecule has 0 N–H and O–H groups in total. The van der Waals surface area contributed by atoms with Gasteiger partial charge in [-0.1, -0.05) is 25.7 Å². The fraction of sp³-hybridized carbons (Fsp3) is 0.533. The molecule has 1 heterocycles. The summed E-state index contributed by atoms with van der Waals surface area (Å²) in [4.78, 5) is 19.4. The van der Waals surface area contributed by atoms with E-state index in [1.807, 2.05) is 0 Å². The second kappa shape index (κ2) is 7.60. The van der Waals surface area contributed by atoms with E-state index >= 15 is 0 Å². The van der Waals surface area contributed by atoms with Crippen molar-refractivity contribution in [1.29, 1.82) is 0 Å². The van der Waals surface area contributed by atoms with E-state index in [0.29, 0.717) is 12.3 Å². The lowest BCUT2D eigenvalue weighted by Crippen LogP contribution is -1.99. The Morgan fingerprint density at radius 2 is 2.06 bits per heavy atom. The number of rotatable bonds is 5. The molecule has 0 bridgehead atoms. The molecule has 0 radical (unpaired) electrons. The molecule has 0 aliphatic carbocycles. The second-order valence-corrected chi connectivity index (χ2v) is 4.50. The Kier molecular flexibility index (Phi) is 6.07. The summed E-state index contributed by atoms with van der Waals surface area (Å²) in [5, 5.41) is 0. The number of carbonyl (C=O) groups excluding carboxylic acids is 1. The van der Waals surface area contributed by atoms with Gasteiger partial charge >= 0.3 is 0 Å². The van der Waals surface area contributed by atoms with Crippen LogP contribution in [0.4, 0.5) is 0 Å². The Labute approximate surface area is 109 Å². The van der Waals surface area contributed by atoms with Gasteiger partial charge in [-0.2, -0.15) is 0 Å². The normalized spacial score (nSPS) is 11.5. The van der Waals surface area contributed by atoms with Crippen LogP contribution in [0.3, 0.4) is 0 Å². The first-order chi connectivity index (χ1) is 8.63. The van der Waals surface area contributed by atoms with Gasteiger partial charge in [-0.05, 0) is 19.8 Å². The van der Waals surface area contributed by atoms with Crippen LogP contribution in [-0.2, 0) is 4.79 Å². The van der Waals surface area contributed by atoms with Crippen molar-refractivity contribution < 1.29 is 4.79 Å². The first kappa shape index (κ1) is 14.4. The zero-order chi connectivity index (χ0) is 13.4. The summed E-state index contributed by atoms with van der Waals surface area (Å²) < 4.78 is 0. The van der Waals surface area contributed by atoms with Crippen LogP contribution in [0.25, 0.3) is 0 Å². The fourth-order valence-electron chi connectivity index (χ4n) is 1.43. The third-order valence-corrected chi connectivity index (χ3v) is 2.79. The van der Waals surface area contributed by atoms with E-state index in [9.17, 15) is 4.79 Å². The summed E-state index contributed by atoms with van der Waals surface area (Å²) in [6, 6.07) is 0. The molecular formula is C15H20N2O. The van der Waals surface area contributed by atoms with Crippen molar-refractivity contribution in [3.63, 3.8) is 0 Å². The van der Waals surface area contributed by atoms with Crippen molar-refractivity contribution in [2.75, 3.05) is 0 Å². The van der Waals surface area contributed by atoms with Gasteiger partial charge in [0.1, 0.15) is 11.6 Å². The highest BCUT2D eigenvalue weighted by Crippen LogP contribution is 2.12. The fourth-order valence-corrected chi connectivity index (χ4v) is 1.43. The number of nitrogens with zero attached hydrogens (tertiary/aromatic N) is 2. The monoisotopic (exact) mass is 244 g/mol. The highest BCUT2D eigenvalue weighted by atomic mass is 16.1. The number of unbranched alkanes of at least 4 members (excludes halogenated alkanes) is 1. The molecule has 0 spiro atoms. The summed E-state index contributed by atoms with van der Waals surface area (Å²) in [5.74, 6) is 7.54. The minimum atomic E-state index is 0.220. The van der Waals surface area contributed by atoms with Crippen LogP contribution < -0.4 is 0 Å². The third-order valence-electron chi connectivity index (χ3n) is 2.79. The molecule has 0 saturated heterocycles. The van der Waals surface area contributed by atoms with Crippen LogP contribution in [0.5, 0.6) is 0 Å². The Bertz CT molecular complexity index is 440. The van der Waals surface area contributed by atoms with Gasteiger partial charge in [0.05, 0.1) is 5.56 Å². The molecule has 1 aromatic rings. The molecule has 1 atom stereocenters. The quantitative estimate of drug-likeness (QED) is 0.590. The predicted octanol–water partition coefficient (Wildman–Crippen LogP) is 3.10. The zero-order valence-corrected chi connectivity index (χ0v) is 11.4. The molecule has 1 aromatic heterocycles. The molecule has 0 amide bonds. The number of Topliss-reactive ketones (excluding diaryl/α,β-unsaturated/α-hetero) is 1. The minimum Gasteiger partial charge on any atom is -0.300 e. The largest absolute Gasteiger partial charge is 0.300 e. The van der Waals surface area contributed by atoms with Crippen LogP contribution >= 0.6 is 0 Å². The molecule has 0 aromatic carbocycles. The Hall–Kier alpha value is -1.69. The van der Waals surface area contributed by atoms with Crippen LogP contribution in [0, 0.1) is 11.8 Å². The first-order valence-electron chi connectivity index (χ1n) is 6.43. The molecule has 3 nitrogen and oxygen atoms in total. The molecule has 0 aliphatic rings. The van der Waals surface area contributed by atoms with Crippen LogP contribution in [0.2, 0.25) is 0 Å². The molecule has 0 fully saturated rings. The summed E-state index contributed by atoms with van der Waals surface area (Å²) in [5.41, 5.74) is 0.838. The van der Waals surface area contributed by atoms with E-state index in [1.54, 1.807) is 19.3 Å². The average molecular weight is 244 g/mol. The van der Waals surface area contributed by atoms with Crippen molar-refractivity contribution in [2.45, 2.75) is 52.4 Å². The Morgan fingerprint density at radius 3 is 2.61 bits per heavy atom. The van der Waals surface area contributed by atoms with Gasteiger partial charge in [0.15, 0.2) is 0 Å². The standard InChI is InChI=1S/C15H20N2O/c1-4-12(2)15-16-10-14(11-17-15)9-7-5-6-8-13(3)18/h10-12H,4-6,8H2,1-3H3. The summed E-state index contributed by atoms with van der Waals surface area (Å²) in [7, 11) is 0. The van der Waals surface area contributed by atoms with E-state index in [-0.39, 0.29) is 5.78 Å². The predicted molar refractivity (Wildman–Crippen MR) is 72.1 cm³/mol. The molecule has 0 aliphatic heterocycles. The van der Waals surface area contributed by atoms with Crippen LogP contribution in [0.15, 0.2) is 12.4 Å². The van der Waals surface area contributed by atoms with Gasteiger partial charge in [-0.3, -0.25) is 0 Å². The summed E-state index contributed by atoms with van der Waals surface area (Å²) in [6.07, 6.45) is 6.76. The molecule has 3 heteroatoms. The van der Waals surface area contributed by atoms with Gasteiger partial charge < -0.3 is 4.79 Å². The van der Waals surface area contributed by atoms with Crippen molar-refractivity contribution in [3.8, 4) is 11.8 Å². The van der Waals surface area contributed by atoms with Crippen molar-refractivity contribution >= 4 is 5.78 Å². The zero-order valence-electron chi connectivity index (χ0n) is 11.4. The number of ketones is 1. The van der Waals surface area contributed by atoms with Crippen LogP contribution in [-0.4, -0.2) is 15.8 Å². The second-order valence-electron chi connectivity index (χ2n) is 4.50. The number of carbonyl (C=O) groups is 1. The molecule has 1 unspecified atom stereocenters. The van der Waals surface area contributed by atoms with E-state index in [0.717, 1.165) is 30.7 Å². The van der Waals surface area contributed by atoms with Gasteiger partial charge in [0.25, 0.3) is 0 Å². The smallest absolute Gasteiger partial charge is 0.131 e. The lowest BCUT2D eigenvalue weighted by Gasteiger charge is -2.05. The summed E-state index contributed by atoms with van der Waals surface area (Å²) >= 11 is 0. The maximum absolute atomic E-state index is 10.7. The van der Waals surface area contributed by atoms with E-state index in [2.05, 4.69) is 35.7 Å². The topological polar surface area (TPSA) is 42.9 Å². The van der Waals surface area contributed by atoms with Crippen molar-refractivity contribution in [1.82, 2.24) is 9.97 Å². The van der Waals surface area contributed by atoms with Gasteiger partial charge in [-0.25, -0.2) is 9.97 Å². The third kappa shape index (κ3) is 5.09.